The van der Waals surface area contributed by atoms with Crippen molar-refractivity contribution in [3.8, 4) is 0 Å². The van der Waals surface area contributed by atoms with Crippen molar-refractivity contribution in [2.24, 2.45) is 0 Å². The number of H-pyrrole nitrogens is 1. The first-order chi connectivity index (χ1) is 8.76. The van der Waals surface area contributed by atoms with E-state index in [1.54, 1.807) is 0 Å². The Bertz CT molecular complexity index is 420. The summed E-state index contributed by atoms with van der Waals surface area (Å²) in [5.41, 5.74) is 0. The lowest BCUT2D eigenvalue weighted by atomic mass is 10.1. The Morgan fingerprint density at radius 1 is 1.39 bits per heavy atom. The summed E-state index contributed by atoms with van der Waals surface area (Å²) < 4.78 is 8.48. The van der Waals surface area contributed by atoms with E-state index in [1.165, 1.54) is 0 Å². The van der Waals surface area contributed by atoms with Crippen LogP contribution in [0.5, 0.6) is 0 Å². The van der Waals surface area contributed by atoms with E-state index in [9.17, 15) is 0 Å². The van der Waals surface area contributed by atoms with Crippen LogP contribution >= 0.6 is 12.2 Å². The minimum Gasteiger partial charge on any atom is -0.378 e. The van der Waals surface area contributed by atoms with E-state index in [0.717, 1.165) is 56.2 Å². The van der Waals surface area contributed by atoms with Gasteiger partial charge in [-0.1, -0.05) is 6.92 Å². The molecule has 0 radical (unpaired) electrons. The molecule has 18 heavy (non-hydrogen) atoms. The normalized spacial score (nSPS) is 17.3. The van der Waals surface area contributed by atoms with Crippen LogP contribution in [0.4, 0.5) is 5.95 Å². The molecule has 0 saturated carbocycles. The van der Waals surface area contributed by atoms with Gasteiger partial charge in [0.15, 0.2) is 4.77 Å². The van der Waals surface area contributed by atoms with Gasteiger partial charge in [0.25, 0.3) is 0 Å². The molecule has 0 aromatic carbocycles. The second-order valence-corrected chi connectivity index (χ2v) is 5.01. The Balaban J connectivity index is 2.03. The summed E-state index contributed by atoms with van der Waals surface area (Å²) >= 11 is 5.27. The summed E-state index contributed by atoms with van der Waals surface area (Å²) in [4.78, 5) is 2.30. The third-order valence-corrected chi connectivity index (χ3v) is 3.62. The summed E-state index contributed by atoms with van der Waals surface area (Å²) in [7, 11) is 0. The molecule has 0 unspecified atom stereocenters. The molecular formula is C12H22N4OS. The van der Waals surface area contributed by atoms with Crippen LogP contribution < -0.4 is 4.90 Å². The summed E-state index contributed by atoms with van der Waals surface area (Å²) in [6, 6.07) is 0. The molecule has 1 saturated heterocycles. The van der Waals surface area contributed by atoms with Gasteiger partial charge < -0.3 is 9.64 Å². The summed E-state index contributed by atoms with van der Waals surface area (Å²) in [6.07, 6.45) is 3.61. The lowest BCUT2D eigenvalue weighted by molar-refractivity contribution is 0.0456. The van der Waals surface area contributed by atoms with Crippen molar-refractivity contribution in [1.82, 2.24) is 14.8 Å². The van der Waals surface area contributed by atoms with Gasteiger partial charge in [0, 0.05) is 26.2 Å². The molecule has 1 aliphatic heterocycles. The van der Waals surface area contributed by atoms with Gasteiger partial charge in [-0.2, -0.15) is 0 Å². The molecule has 1 aromatic rings. The first-order valence-electron chi connectivity index (χ1n) is 6.78. The fourth-order valence-electron chi connectivity index (χ4n) is 2.43. The minimum absolute atomic E-state index is 0.410. The van der Waals surface area contributed by atoms with Crippen molar-refractivity contribution in [1.29, 1.82) is 0 Å². The van der Waals surface area contributed by atoms with E-state index in [2.05, 4.69) is 33.5 Å². The third-order valence-electron chi connectivity index (χ3n) is 3.31. The molecule has 0 spiro atoms. The molecule has 2 rings (SSSR count). The van der Waals surface area contributed by atoms with E-state index in [-0.39, 0.29) is 0 Å². The maximum absolute atomic E-state index is 5.67. The van der Waals surface area contributed by atoms with Gasteiger partial charge in [-0.25, -0.2) is 5.10 Å². The van der Waals surface area contributed by atoms with Crippen molar-refractivity contribution < 1.29 is 4.74 Å². The Morgan fingerprint density at radius 2 is 2.11 bits per heavy atom. The van der Waals surface area contributed by atoms with Gasteiger partial charge in [0.1, 0.15) is 0 Å². The SMILES string of the molecule is CCCn1c(N2CCC(OCC)CC2)n[nH]c1=S. The standard InChI is InChI=1S/C12H22N4OS/c1-3-7-16-11(13-14-12(16)18)15-8-5-10(6-9-15)17-4-2/h10H,3-9H2,1-2H3,(H,14,18). The molecule has 2 heterocycles. The van der Waals surface area contributed by atoms with Crippen molar-refractivity contribution in [3.63, 3.8) is 0 Å². The van der Waals surface area contributed by atoms with Crippen molar-refractivity contribution >= 4 is 18.2 Å². The van der Waals surface area contributed by atoms with Gasteiger partial charge in [-0.3, -0.25) is 4.57 Å². The molecule has 1 N–H and O–H groups in total. The quantitative estimate of drug-likeness (QED) is 0.834. The number of hydrogen-bond acceptors (Lipinski definition) is 4. The largest absolute Gasteiger partial charge is 0.378 e. The lowest BCUT2D eigenvalue weighted by Gasteiger charge is -2.32. The zero-order chi connectivity index (χ0) is 13.0. The van der Waals surface area contributed by atoms with E-state index in [0.29, 0.717) is 6.10 Å². The summed E-state index contributed by atoms with van der Waals surface area (Å²) in [5, 5.41) is 7.26. The fourth-order valence-corrected chi connectivity index (χ4v) is 2.65. The average Bonchev–Trinajstić information content (AvgIpc) is 2.73. The monoisotopic (exact) mass is 270 g/mol. The van der Waals surface area contributed by atoms with Crippen LogP contribution in [0.25, 0.3) is 0 Å². The molecule has 0 amide bonds. The Morgan fingerprint density at radius 3 is 2.72 bits per heavy atom. The zero-order valence-corrected chi connectivity index (χ0v) is 12.0. The molecule has 1 aromatic heterocycles. The maximum Gasteiger partial charge on any atom is 0.225 e. The minimum atomic E-state index is 0.410. The molecule has 0 bridgehead atoms. The Kier molecular flexibility index (Phi) is 4.77. The fraction of sp³-hybridized carbons (Fsp3) is 0.833. The topological polar surface area (TPSA) is 46.1 Å². The van der Waals surface area contributed by atoms with E-state index in [1.807, 2.05) is 0 Å². The summed E-state index contributed by atoms with van der Waals surface area (Å²) in [5.74, 6) is 0.983. The van der Waals surface area contributed by atoms with Crippen LogP contribution in [0.3, 0.4) is 0 Å². The number of nitrogens with one attached hydrogen (secondary N) is 1. The highest BCUT2D eigenvalue weighted by Crippen LogP contribution is 2.20. The van der Waals surface area contributed by atoms with Crippen LogP contribution in [-0.4, -0.2) is 40.6 Å². The molecule has 102 valence electrons. The highest BCUT2D eigenvalue weighted by Gasteiger charge is 2.22. The number of rotatable bonds is 5. The Hall–Kier alpha value is -0.880. The number of anilines is 1. The third kappa shape index (κ3) is 2.92. The zero-order valence-electron chi connectivity index (χ0n) is 11.2. The molecular weight excluding hydrogens is 248 g/mol. The van der Waals surface area contributed by atoms with Gasteiger partial charge in [-0.05, 0) is 38.4 Å². The Labute approximate surface area is 113 Å². The first kappa shape index (κ1) is 13.5. The molecule has 0 atom stereocenters. The van der Waals surface area contributed by atoms with Crippen molar-refractivity contribution in [2.45, 2.75) is 45.8 Å². The number of hydrogen-bond donors (Lipinski definition) is 1. The van der Waals surface area contributed by atoms with Gasteiger partial charge in [0.2, 0.25) is 5.95 Å². The molecule has 1 aliphatic rings. The predicted octanol–water partition coefficient (Wildman–Crippen LogP) is 2.36. The second kappa shape index (κ2) is 6.33. The van der Waals surface area contributed by atoms with Crippen molar-refractivity contribution in [3.05, 3.63) is 4.77 Å². The number of piperidine rings is 1. The second-order valence-electron chi connectivity index (χ2n) is 4.62. The molecule has 6 heteroatoms. The molecule has 1 fully saturated rings. The lowest BCUT2D eigenvalue weighted by Crippen LogP contribution is -2.38. The van der Waals surface area contributed by atoms with E-state index >= 15 is 0 Å². The smallest absolute Gasteiger partial charge is 0.225 e. The van der Waals surface area contributed by atoms with Crippen LogP contribution in [0.1, 0.15) is 33.1 Å². The van der Waals surface area contributed by atoms with Gasteiger partial charge >= 0.3 is 0 Å². The van der Waals surface area contributed by atoms with Gasteiger partial charge in [-0.15, -0.1) is 5.10 Å². The van der Waals surface area contributed by atoms with Crippen molar-refractivity contribution in [2.75, 3.05) is 24.6 Å². The van der Waals surface area contributed by atoms with E-state index < -0.39 is 0 Å². The highest BCUT2D eigenvalue weighted by molar-refractivity contribution is 7.71. The van der Waals surface area contributed by atoms with E-state index in [4.69, 9.17) is 17.0 Å². The molecule has 5 nitrogen and oxygen atoms in total. The predicted molar refractivity (Wildman–Crippen MR) is 74.6 cm³/mol. The highest BCUT2D eigenvalue weighted by atomic mass is 32.1. The van der Waals surface area contributed by atoms with Crippen LogP contribution in [0.15, 0.2) is 0 Å². The van der Waals surface area contributed by atoms with Crippen LogP contribution in [-0.2, 0) is 11.3 Å². The molecule has 0 aliphatic carbocycles. The number of aromatic nitrogens is 3. The first-order valence-corrected chi connectivity index (χ1v) is 7.18. The average molecular weight is 270 g/mol. The number of nitrogens with zero attached hydrogens (tertiary/aromatic N) is 3. The van der Waals surface area contributed by atoms with Gasteiger partial charge in [0.05, 0.1) is 6.10 Å². The maximum atomic E-state index is 5.67. The number of ether oxygens (including phenoxy) is 1. The summed E-state index contributed by atoms with van der Waals surface area (Å²) in [6.45, 7) is 7.93. The van der Waals surface area contributed by atoms with Crippen LogP contribution in [0.2, 0.25) is 0 Å². The number of aromatic amines is 1. The van der Waals surface area contributed by atoms with Crippen LogP contribution in [0, 0.1) is 4.77 Å².